The lowest BCUT2D eigenvalue weighted by molar-refractivity contribution is 0.102. The first kappa shape index (κ1) is 12.6. The molecule has 2 unspecified atom stereocenters. The van der Waals surface area contributed by atoms with Gasteiger partial charge in [0.2, 0.25) is 0 Å². The molecule has 2 atom stereocenters. The minimum absolute atomic E-state index is 0.699. The highest BCUT2D eigenvalue weighted by Crippen LogP contribution is 2.52. The van der Waals surface area contributed by atoms with Crippen LogP contribution in [0, 0.1) is 23.2 Å². The summed E-state index contributed by atoms with van der Waals surface area (Å²) in [4.78, 5) is 7.84. The van der Waals surface area contributed by atoms with Crippen molar-refractivity contribution >= 4 is 0 Å². The molecule has 0 N–H and O–H groups in total. The largest absolute Gasteiger partial charge is 0.306 e. The van der Waals surface area contributed by atoms with Gasteiger partial charge in [0, 0.05) is 26.2 Å². The molecular weight excluding hydrogens is 234 g/mol. The Balaban J connectivity index is 1.26. The Kier molecular flexibility index (Phi) is 2.95. The predicted molar refractivity (Wildman–Crippen MR) is 78.2 cm³/mol. The van der Waals surface area contributed by atoms with E-state index in [0.717, 1.165) is 17.8 Å². The molecule has 0 aromatic heterocycles. The Labute approximate surface area is 117 Å². The van der Waals surface area contributed by atoms with Crippen LogP contribution in [0.15, 0.2) is 0 Å². The number of fused-ring (bicyclic) bond motifs is 1. The van der Waals surface area contributed by atoms with Gasteiger partial charge in [0.25, 0.3) is 0 Å². The standard InChI is InChI=1S/C16H29N3/c1-17-6-3-16(12-17)4-7-19(8-5-16)11-15-13-9-18(2)10-14(13)15/h13-15H,3-12H2,1-2H3. The second kappa shape index (κ2) is 4.44. The highest BCUT2D eigenvalue weighted by molar-refractivity contribution is 5.06. The molecule has 1 spiro atoms. The van der Waals surface area contributed by atoms with Crippen LogP contribution in [0.5, 0.6) is 0 Å². The fourth-order valence-electron chi connectivity index (χ4n) is 5.21. The van der Waals surface area contributed by atoms with Gasteiger partial charge in [-0.3, -0.25) is 0 Å². The van der Waals surface area contributed by atoms with Gasteiger partial charge in [-0.2, -0.15) is 0 Å². The van der Waals surface area contributed by atoms with E-state index in [2.05, 4.69) is 28.8 Å². The number of likely N-dealkylation sites (tertiary alicyclic amines) is 3. The van der Waals surface area contributed by atoms with Crippen LogP contribution in [-0.2, 0) is 0 Å². The van der Waals surface area contributed by atoms with Crippen molar-refractivity contribution in [2.24, 2.45) is 23.2 Å². The summed E-state index contributed by atoms with van der Waals surface area (Å²) in [6.07, 6.45) is 4.37. The molecule has 108 valence electrons. The first-order valence-electron chi connectivity index (χ1n) is 8.25. The van der Waals surface area contributed by atoms with Gasteiger partial charge in [-0.15, -0.1) is 0 Å². The molecule has 3 aliphatic heterocycles. The number of hydrogen-bond donors (Lipinski definition) is 0. The lowest BCUT2D eigenvalue weighted by Crippen LogP contribution is -2.42. The molecule has 4 rings (SSSR count). The van der Waals surface area contributed by atoms with E-state index in [0.29, 0.717) is 5.41 Å². The highest BCUT2D eigenvalue weighted by atomic mass is 15.2. The van der Waals surface area contributed by atoms with Crippen LogP contribution in [0.25, 0.3) is 0 Å². The van der Waals surface area contributed by atoms with Crippen LogP contribution in [-0.4, -0.2) is 74.6 Å². The van der Waals surface area contributed by atoms with Crippen molar-refractivity contribution in [2.45, 2.75) is 19.3 Å². The van der Waals surface area contributed by atoms with E-state index in [-0.39, 0.29) is 0 Å². The molecule has 19 heavy (non-hydrogen) atoms. The van der Waals surface area contributed by atoms with Crippen LogP contribution >= 0.6 is 0 Å². The Morgan fingerprint density at radius 1 is 0.895 bits per heavy atom. The maximum absolute atomic E-state index is 2.78. The third-order valence-corrected chi connectivity index (χ3v) is 6.57. The summed E-state index contributed by atoms with van der Waals surface area (Å²) in [7, 11) is 4.58. The van der Waals surface area contributed by atoms with Gasteiger partial charge in [-0.1, -0.05) is 0 Å². The van der Waals surface area contributed by atoms with Crippen molar-refractivity contribution in [1.29, 1.82) is 0 Å². The van der Waals surface area contributed by atoms with Crippen molar-refractivity contribution < 1.29 is 0 Å². The van der Waals surface area contributed by atoms with E-state index in [4.69, 9.17) is 0 Å². The zero-order valence-electron chi connectivity index (χ0n) is 12.6. The van der Waals surface area contributed by atoms with Crippen LogP contribution < -0.4 is 0 Å². The maximum Gasteiger partial charge on any atom is 0.00364 e. The fraction of sp³-hybridized carbons (Fsp3) is 1.00. The molecule has 0 radical (unpaired) electrons. The first-order chi connectivity index (χ1) is 9.15. The summed E-state index contributed by atoms with van der Waals surface area (Å²) in [6, 6.07) is 0. The molecule has 3 nitrogen and oxygen atoms in total. The van der Waals surface area contributed by atoms with Gasteiger partial charge in [-0.25, -0.2) is 0 Å². The quantitative estimate of drug-likeness (QED) is 0.741. The molecule has 0 aromatic rings. The van der Waals surface area contributed by atoms with Crippen molar-refractivity contribution in [3.63, 3.8) is 0 Å². The monoisotopic (exact) mass is 263 g/mol. The van der Waals surface area contributed by atoms with Gasteiger partial charge in [-0.05, 0) is 76.2 Å². The Morgan fingerprint density at radius 3 is 2.11 bits per heavy atom. The lowest BCUT2D eigenvalue weighted by atomic mass is 9.78. The summed E-state index contributed by atoms with van der Waals surface area (Å²) in [5.74, 6) is 3.16. The molecule has 0 amide bonds. The average molecular weight is 263 g/mol. The number of rotatable bonds is 2. The number of hydrogen-bond acceptors (Lipinski definition) is 3. The normalized spacial score (nSPS) is 42.9. The van der Waals surface area contributed by atoms with Crippen molar-refractivity contribution in [3.8, 4) is 0 Å². The minimum Gasteiger partial charge on any atom is -0.306 e. The SMILES string of the molecule is CN1CC2C(C1)C2CN1CCC2(CCN(C)C2)CC1. The zero-order chi connectivity index (χ0) is 13.0. The molecule has 3 heteroatoms. The summed E-state index contributed by atoms with van der Waals surface area (Å²) >= 11 is 0. The average Bonchev–Trinajstić information content (AvgIpc) is 2.76. The van der Waals surface area contributed by atoms with E-state index < -0.39 is 0 Å². The molecule has 4 aliphatic rings. The van der Waals surface area contributed by atoms with Gasteiger partial charge < -0.3 is 14.7 Å². The first-order valence-corrected chi connectivity index (χ1v) is 8.25. The van der Waals surface area contributed by atoms with Gasteiger partial charge in [0.15, 0.2) is 0 Å². The molecular formula is C16H29N3. The van der Waals surface area contributed by atoms with E-state index in [1.54, 1.807) is 0 Å². The van der Waals surface area contributed by atoms with Gasteiger partial charge in [0.1, 0.15) is 0 Å². The van der Waals surface area contributed by atoms with E-state index in [1.165, 1.54) is 65.1 Å². The van der Waals surface area contributed by atoms with Crippen molar-refractivity contribution in [1.82, 2.24) is 14.7 Å². The summed E-state index contributed by atoms with van der Waals surface area (Å²) in [5, 5.41) is 0. The van der Waals surface area contributed by atoms with Gasteiger partial charge >= 0.3 is 0 Å². The molecule has 1 aliphatic carbocycles. The molecule has 4 fully saturated rings. The van der Waals surface area contributed by atoms with Gasteiger partial charge in [0.05, 0.1) is 0 Å². The Bertz CT molecular complexity index is 336. The molecule has 0 aromatic carbocycles. The summed E-state index contributed by atoms with van der Waals surface area (Å²) in [5.41, 5.74) is 0.699. The maximum atomic E-state index is 2.78. The second-order valence-electron chi connectivity index (χ2n) is 8.00. The summed E-state index contributed by atoms with van der Waals surface area (Å²) in [6.45, 7) is 9.60. The van der Waals surface area contributed by atoms with Crippen LogP contribution in [0.4, 0.5) is 0 Å². The predicted octanol–water partition coefficient (Wildman–Crippen LogP) is 1.21. The van der Waals surface area contributed by atoms with Crippen LogP contribution in [0.3, 0.4) is 0 Å². The van der Waals surface area contributed by atoms with Crippen molar-refractivity contribution in [2.75, 3.05) is 59.9 Å². The van der Waals surface area contributed by atoms with Crippen LogP contribution in [0.2, 0.25) is 0 Å². The third-order valence-electron chi connectivity index (χ3n) is 6.57. The molecule has 3 heterocycles. The molecule has 3 saturated heterocycles. The van der Waals surface area contributed by atoms with Crippen molar-refractivity contribution in [3.05, 3.63) is 0 Å². The highest BCUT2D eigenvalue weighted by Gasteiger charge is 2.55. The fourth-order valence-corrected chi connectivity index (χ4v) is 5.21. The zero-order valence-corrected chi connectivity index (χ0v) is 12.6. The summed E-state index contributed by atoms with van der Waals surface area (Å²) < 4.78 is 0. The van der Waals surface area contributed by atoms with E-state index >= 15 is 0 Å². The van der Waals surface area contributed by atoms with Crippen LogP contribution in [0.1, 0.15) is 19.3 Å². The second-order valence-corrected chi connectivity index (χ2v) is 8.00. The lowest BCUT2D eigenvalue weighted by Gasteiger charge is -2.39. The van der Waals surface area contributed by atoms with E-state index in [1.807, 2.05) is 0 Å². The Morgan fingerprint density at radius 2 is 1.53 bits per heavy atom. The molecule has 0 bridgehead atoms. The third kappa shape index (κ3) is 2.24. The number of nitrogens with zero attached hydrogens (tertiary/aromatic N) is 3. The number of piperidine rings is 2. The Hall–Kier alpha value is -0.120. The van der Waals surface area contributed by atoms with E-state index in [9.17, 15) is 0 Å². The molecule has 1 saturated carbocycles. The minimum atomic E-state index is 0.699. The topological polar surface area (TPSA) is 9.72 Å². The smallest absolute Gasteiger partial charge is 0.00364 e.